The van der Waals surface area contributed by atoms with Crippen LogP contribution in [-0.2, 0) is 14.4 Å². The van der Waals surface area contributed by atoms with Gasteiger partial charge in [0.15, 0.2) is 0 Å². The molecule has 0 saturated heterocycles. The van der Waals surface area contributed by atoms with Crippen molar-refractivity contribution in [1.82, 2.24) is 5.32 Å². The molecule has 1 heterocycles. The minimum absolute atomic E-state index is 0.279. The summed E-state index contributed by atoms with van der Waals surface area (Å²) in [4.78, 5) is 42.4. The average Bonchev–Trinajstić information content (AvgIpc) is 2.98. The highest BCUT2D eigenvalue weighted by Crippen LogP contribution is 2.32. The van der Waals surface area contributed by atoms with Crippen molar-refractivity contribution in [2.75, 3.05) is 5.32 Å². The molecule has 2 aromatic rings. The van der Waals surface area contributed by atoms with Crippen molar-refractivity contribution in [3.8, 4) is 0 Å². The van der Waals surface area contributed by atoms with Crippen LogP contribution < -0.4 is 10.6 Å². The van der Waals surface area contributed by atoms with Gasteiger partial charge in [-0.25, -0.2) is 4.99 Å². The molecule has 2 aromatic carbocycles. The van der Waals surface area contributed by atoms with Crippen LogP contribution in [-0.4, -0.2) is 47.1 Å². The van der Waals surface area contributed by atoms with Gasteiger partial charge in [0, 0.05) is 24.0 Å². The lowest BCUT2D eigenvalue weighted by Crippen LogP contribution is -2.47. The number of nitrogens with zero attached hydrogens (tertiary/aromatic N) is 1. The second-order valence-corrected chi connectivity index (χ2v) is 9.00. The number of aliphatic carboxylic acids is 1. The van der Waals surface area contributed by atoms with Crippen molar-refractivity contribution in [3.05, 3.63) is 65.7 Å². The molecule has 210 valence electrons. The number of anilines is 1. The summed E-state index contributed by atoms with van der Waals surface area (Å²) in [5, 5.41) is 14.4. The maximum Gasteiger partial charge on any atom is 0.389 e. The lowest BCUT2D eigenvalue weighted by Gasteiger charge is -2.25. The van der Waals surface area contributed by atoms with E-state index in [1.807, 2.05) is 0 Å². The summed E-state index contributed by atoms with van der Waals surface area (Å²) >= 11 is 0. The molecule has 0 bridgehead atoms. The lowest BCUT2D eigenvalue weighted by molar-refractivity contribution is -0.155. The quantitative estimate of drug-likeness (QED) is 0.344. The first-order chi connectivity index (χ1) is 18.2. The Labute approximate surface area is 219 Å². The predicted molar refractivity (Wildman–Crippen MR) is 129 cm³/mol. The van der Waals surface area contributed by atoms with Gasteiger partial charge in [-0.2, -0.15) is 26.3 Å². The van der Waals surface area contributed by atoms with E-state index in [4.69, 9.17) is 0 Å². The van der Waals surface area contributed by atoms with Crippen LogP contribution in [0, 0.1) is 11.8 Å². The zero-order chi connectivity index (χ0) is 28.8. The minimum Gasteiger partial charge on any atom is -0.481 e. The third-order valence-electron chi connectivity index (χ3n) is 6.13. The molecule has 3 N–H and O–H groups in total. The largest absolute Gasteiger partial charge is 0.481 e. The molecule has 0 saturated carbocycles. The number of amides is 2. The summed E-state index contributed by atoms with van der Waals surface area (Å²) in [6.07, 6.45) is -16.3. The highest BCUT2D eigenvalue weighted by atomic mass is 19.4. The molecular weight excluding hydrogens is 532 g/mol. The van der Waals surface area contributed by atoms with Crippen molar-refractivity contribution in [2.24, 2.45) is 16.8 Å². The molecular formula is C26H25F6N3O4. The molecule has 13 heteroatoms. The predicted octanol–water partition coefficient (Wildman–Crippen LogP) is 5.31. The number of carboxylic acid groups (broad SMARTS) is 1. The van der Waals surface area contributed by atoms with Gasteiger partial charge in [0.25, 0.3) is 5.91 Å². The fourth-order valence-electron chi connectivity index (χ4n) is 4.28. The van der Waals surface area contributed by atoms with E-state index < -0.39 is 80.2 Å². The number of nitrogens with one attached hydrogen (secondary N) is 2. The van der Waals surface area contributed by atoms with Crippen molar-refractivity contribution in [3.63, 3.8) is 0 Å². The summed E-state index contributed by atoms with van der Waals surface area (Å²) < 4.78 is 76.9. The van der Waals surface area contributed by atoms with Gasteiger partial charge in [-0.1, -0.05) is 48.5 Å². The Bertz CT molecular complexity index is 1210. The molecule has 0 radical (unpaired) electrons. The Hall–Kier alpha value is -3.90. The Kier molecular flexibility index (Phi) is 9.36. The maximum absolute atomic E-state index is 13.2. The van der Waals surface area contributed by atoms with Crippen molar-refractivity contribution in [2.45, 2.75) is 50.6 Å². The number of carboxylic acids is 1. The normalized spacial score (nSPS) is 17.2. The topological polar surface area (TPSA) is 108 Å². The number of benzodiazepines with no additional fused rings is 1. The number of halogens is 6. The molecule has 1 aliphatic heterocycles. The SMILES string of the molecule is O=C1Nc2ccccc2C(c2ccccc2)=NC1NC(=O)[C@H](CCC(F)(F)F)[C@H](CCCC(F)(F)F)C(=O)O. The molecule has 3 rings (SSSR count). The number of fused-ring (bicyclic) bond motifs is 1. The highest BCUT2D eigenvalue weighted by Gasteiger charge is 2.40. The zero-order valence-corrected chi connectivity index (χ0v) is 20.4. The Morgan fingerprint density at radius 3 is 2.13 bits per heavy atom. The number of para-hydroxylation sites is 1. The second-order valence-electron chi connectivity index (χ2n) is 9.00. The molecule has 1 aliphatic rings. The molecule has 2 amide bonds. The standard InChI is InChI=1S/C26H25F6N3O4/c27-25(28,29)13-6-10-17(24(38)39)16(12-14-26(30,31)32)22(36)35-21-23(37)33-19-11-5-4-9-18(19)20(34-21)15-7-2-1-3-8-15/h1-5,7-9,11,16-17,21H,6,10,12-14H2,(H,33,37)(H,35,36)(H,38,39)/t16-,17+,21?/m1/s1. The summed E-state index contributed by atoms with van der Waals surface area (Å²) in [5.41, 5.74) is 1.69. The average molecular weight is 557 g/mol. The first-order valence-corrected chi connectivity index (χ1v) is 12.0. The van der Waals surface area contributed by atoms with E-state index in [-0.39, 0.29) is 5.71 Å². The molecule has 0 fully saturated rings. The van der Waals surface area contributed by atoms with Crippen LogP contribution in [0.5, 0.6) is 0 Å². The molecule has 1 unspecified atom stereocenters. The Balaban J connectivity index is 1.93. The zero-order valence-electron chi connectivity index (χ0n) is 20.4. The summed E-state index contributed by atoms with van der Waals surface area (Å²) in [6.45, 7) is 0. The van der Waals surface area contributed by atoms with Gasteiger partial charge in [-0.3, -0.25) is 14.4 Å². The summed E-state index contributed by atoms with van der Waals surface area (Å²) in [5.74, 6) is -7.50. The number of benzene rings is 2. The molecule has 0 aliphatic carbocycles. The van der Waals surface area contributed by atoms with E-state index in [1.54, 1.807) is 54.6 Å². The van der Waals surface area contributed by atoms with E-state index in [0.29, 0.717) is 16.8 Å². The van der Waals surface area contributed by atoms with Crippen LogP contribution >= 0.6 is 0 Å². The van der Waals surface area contributed by atoms with Gasteiger partial charge in [0.1, 0.15) is 0 Å². The first kappa shape index (κ1) is 29.7. The number of alkyl halides is 6. The summed E-state index contributed by atoms with van der Waals surface area (Å²) in [7, 11) is 0. The molecule has 0 spiro atoms. The monoisotopic (exact) mass is 557 g/mol. The van der Waals surface area contributed by atoms with Gasteiger partial charge in [0.2, 0.25) is 12.1 Å². The third-order valence-corrected chi connectivity index (χ3v) is 6.13. The van der Waals surface area contributed by atoms with E-state index in [9.17, 15) is 45.8 Å². The van der Waals surface area contributed by atoms with Crippen LogP contribution in [0.2, 0.25) is 0 Å². The molecule has 39 heavy (non-hydrogen) atoms. The second kappa shape index (κ2) is 12.3. The van der Waals surface area contributed by atoms with Gasteiger partial charge < -0.3 is 15.7 Å². The number of aliphatic imine (C=N–C) groups is 1. The van der Waals surface area contributed by atoms with Crippen LogP contribution in [0.15, 0.2) is 59.6 Å². The van der Waals surface area contributed by atoms with Crippen LogP contribution in [0.1, 0.15) is 43.2 Å². The van der Waals surface area contributed by atoms with Crippen molar-refractivity contribution in [1.29, 1.82) is 0 Å². The lowest BCUT2D eigenvalue weighted by atomic mass is 9.83. The van der Waals surface area contributed by atoms with Crippen LogP contribution in [0.25, 0.3) is 0 Å². The smallest absolute Gasteiger partial charge is 0.389 e. The number of rotatable bonds is 10. The minimum atomic E-state index is -4.76. The third kappa shape index (κ3) is 8.55. The van der Waals surface area contributed by atoms with Gasteiger partial charge in [-0.05, 0) is 25.3 Å². The fourth-order valence-corrected chi connectivity index (χ4v) is 4.28. The summed E-state index contributed by atoms with van der Waals surface area (Å²) in [6, 6.07) is 15.1. The van der Waals surface area contributed by atoms with Crippen LogP contribution in [0.4, 0.5) is 32.0 Å². The molecule has 3 atom stereocenters. The number of carbonyl (C=O) groups excluding carboxylic acids is 2. The molecule has 7 nitrogen and oxygen atoms in total. The van der Waals surface area contributed by atoms with Crippen LogP contribution in [0.3, 0.4) is 0 Å². The van der Waals surface area contributed by atoms with E-state index in [1.165, 1.54) is 0 Å². The molecule has 0 aromatic heterocycles. The highest BCUT2D eigenvalue weighted by molar-refractivity contribution is 6.19. The number of hydrogen-bond donors (Lipinski definition) is 3. The maximum atomic E-state index is 13.2. The Morgan fingerprint density at radius 1 is 0.897 bits per heavy atom. The fraction of sp³-hybridized carbons (Fsp3) is 0.385. The number of carbonyl (C=O) groups is 3. The number of hydrogen-bond acceptors (Lipinski definition) is 4. The van der Waals surface area contributed by atoms with E-state index >= 15 is 0 Å². The van der Waals surface area contributed by atoms with Crippen molar-refractivity contribution >= 4 is 29.2 Å². The van der Waals surface area contributed by atoms with E-state index in [0.717, 1.165) is 0 Å². The van der Waals surface area contributed by atoms with Gasteiger partial charge >= 0.3 is 18.3 Å². The van der Waals surface area contributed by atoms with Gasteiger partial charge in [-0.15, -0.1) is 0 Å². The Morgan fingerprint density at radius 2 is 1.51 bits per heavy atom. The van der Waals surface area contributed by atoms with Gasteiger partial charge in [0.05, 0.1) is 23.2 Å². The first-order valence-electron chi connectivity index (χ1n) is 12.0. The van der Waals surface area contributed by atoms with Crippen molar-refractivity contribution < 1.29 is 45.8 Å². The van der Waals surface area contributed by atoms with E-state index in [2.05, 4.69) is 15.6 Å².